The predicted octanol–water partition coefficient (Wildman–Crippen LogP) is 3.08. The summed E-state index contributed by atoms with van der Waals surface area (Å²) in [7, 11) is 0. The van der Waals surface area contributed by atoms with Crippen LogP contribution in [0.3, 0.4) is 0 Å². The first-order valence-corrected chi connectivity index (χ1v) is 7.21. The molecule has 0 aliphatic carbocycles. The lowest BCUT2D eigenvalue weighted by Gasteiger charge is -2.26. The number of nitrogens with one attached hydrogen (secondary N) is 2. The Hall–Kier alpha value is -1.33. The van der Waals surface area contributed by atoms with E-state index in [-0.39, 0.29) is 23.0 Å². The Kier molecular flexibility index (Phi) is 6.42. The summed E-state index contributed by atoms with van der Waals surface area (Å²) in [6.45, 7) is 6.39. The highest BCUT2D eigenvalue weighted by molar-refractivity contribution is 6.30. The number of aliphatic hydroxyl groups excluding tert-OH is 1. The van der Waals surface area contributed by atoms with Crippen LogP contribution < -0.4 is 10.6 Å². The zero-order chi connectivity index (χ0) is 16.0. The lowest BCUT2D eigenvalue weighted by Crippen LogP contribution is -2.41. The van der Waals surface area contributed by atoms with Crippen LogP contribution in [0.2, 0.25) is 5.02 Å². The summed E-state index contributed by atoms with van der Waals surface area (Å²) in [5.41, 5.74) is 0.532. The fourth-order valence-electron chi connectivity index (χ4n) is 2.09. The van der Waals surface area contributed by atoms with Gasteiger partial charge in [-0.2, -0.15) is 0 Å². The highest BCUT2D eigenvalue weighted by Gasteiger charge is 2.20. The molecule has 0 spiro atoms. The van der Waals surface area contributed by atoms with E-state index in [1.807, 2.05) is 13.8 Å². The summed E-state index contributed by atoms with van der Waals surface area (Å²) >= 11 is 5.67. The van der Waals surface area contributed by atoms with E-state index < -0.39 is 11.9 Å². The van der Waals surface area contributed by atoms with Crippen LogP contribution in [0.1, 0.15) is 32.8 Å². The lowest BCUT2D eigenvalue weighted by atomic mass is 9.87. The van der Waals surface area contributed by atoms with Crippen molar-refractivity contribution >= 4 is 17.6 Å². The molecule has 0 fully saturated rings. The summed E-state index contributed by atoms with van der Waals surface area (Å²) in [5, 5.41) is 14.9. The minimum absolute atomic E-state index is 0.0350. The number of hydrogen-bond acceptors (Lipinski definition) is 2. The molecule has 1 rings (SSSR count). The molecular formula is C15H22ClFN2O2. The molecule has 0 aliphatic heterocycles. The number of hydrogen-bond donors (Lipinski definition) is 3. The molecule has 0 saturated carbocycles. The Morgan fingerprint density at radius 1 is 1.43 bits per heavy atom. The van der Waals surface area contributed by atoms with Crippen LogP contribution in [0, 0.1) is 11.2 Å². The number of amides is 2. The quantitative estimate of drug-likeness (QED) is 0.755. The maximum atomic E-state index is 13.0. The number of halogens is 2. The van der Waals surface area contributed by atoms with Gasteiger partial charge in [0.2, 0.25) is 0 Å². The van der Waals surface area contributed by atoms with Gasteiger partial charge in [0.1, 0.15) is 5.82 Å². The summed E-state index contributed by atoms with van der Waals surface area (Å²) in [6.07, 6.45) is 0.187. The van der Waals surface area contributed by atoms with Gasteiger partial charge in [0.15, 0.2) is 0 Å². The molecule has 0 bridgehead atoms. The van der Waals surface area contributed by atoms with Gasteiger partial charge in [0.25, 0.3) is 0 Å². The van der Waals surface area contributed by atoms with Crippen molar-refractivity contribution in [1.29, 1.82) is 0 Å². The Morgan fingerprint density at radius 3 is 2.67 bits per heavy atom. The molecule has 1 atom stereocenters. The summed E-state index contributed by atoms with van der Waals surface area (Å²) in [5.74, 6) is -0.482. The van der Waals surface area contributed by atoms with Gasteiger partial charge in [-0.25, -0.2) is 9.18 Å². The zero-order valence-corrected chi connectivity index (χ0v) is 13.3. The van der Waals surface area contributed by atoms with Crippen LogP contribution in [0.4, 0.5) is 9.18 Å². The molecule has 2 amide bonds. The number of carbonyl (C=O) groups excluding carboxylic acids is 1. The maximum absolute atomic E-state index is 13.0. The molecule has 3 N–H and O–H groups in total. The number of aliphatic hydroxyl groups is 1. The van der Waals surface area contributed by atoms with Gasteiger partial charge < -0.3 is 15.7 Å². The second-order valence-corrected chi connectivity index (χ2v) is 6.41. The molecule has 4 nitrogen and oxygen atoms in total. The highest BCUT2D eigenvalue weighted by atomic mass is 35.5. The Morgan fingerprint density at radius 2 is 2.10 bits per heavy atom. The van der Waals surface area contributed by atoms with E-state index in [0.29, 0.717) is 13.0 Å². The molecule has 21 heavy (non-hydrogen) atoms. The molecule has 6 heteroatoms. The molecule has 0 aliphatic rings. The van der Waals surface area contributed by atoms with E-state index in [4.69, 9.17) is 11.6 Å². The van der Waals surface area contributed by atoms with Crippen molar-refractivity contribution in [3.05, 3.63) is 34.6 Å². The zero-order valence-electron chi connectivity index (χ0n) is 12.5. The Labute approximate surface area is 129 Å². The molecule has 1 aromatic carbocycles. The first-order valence-electron chi connectivity index (χ1n) is 6.83. The van der Waals surface area contributed by atoms with Crippen LogP contribution in [-0.4, -0.2) is 23.8 Å². The molecule has 0 aromatic heterocycles. The lowest BCUT2D eigenvalue weighted by molar-refractivity contribution is 0.129. The van der Waals surface area contributed by atoms with E-state index >= 15 is 0 Å². The van der Waals surface area contributed by atoms with Gasteiger partial charge in [-0.05, 0) is 36.5 Å². The van der Waals surface area contributed by atoms with Gasteiger partial charge in [-0.15, -0.1) is 0 Å². The third-order valence-electron chi connectivity index (χ3n) is 3.01. The van der Waals surface area contributed by atoms with E-state index in [1.54, 1.807) is 13.0 Å². The van der Waals surface area contributed by atoms with Gasteiger partial charge in [0.05, 0.1) is 11.1 Å². The van der Waals surface area contributed by atoms with Gasteiger partial charge in [-0.3, -0.25) is 0 Å². The molecule has 0 heterocycles. The first-order chi connectivity index (χ1) is 9.69. The third kappa shape index (κ3) is 6.78. The van der Waals surface area contributed by atoms with Crippen LogP contribution in [0.25, 0.3) is 0 Å². The van der Waals surface area contributed by atoms with Crippen LogP contribution in [0.15, 0.2) is 18.2 Å². The molecular weight excluding hydrogens is 295 g/mol. The topological polar surface area (TPSA) is 61.4 Å². The second-order valence-electron chi connectivity index (χ2n) is 6.00. The average Bonchev–Trinajstić information content (AvgIpc) is 2.36. The third-order valence-corrected chi connectivity index (χ3v) is 3.30. The number of rotatable bonds is 6. The fraction of sp³-hybridized carbons (Fsp3) is 0.533. The smallest absolute Gasteiger partial charge is 0.315 e. The average molecular weight is 317 g/mol. The Bertz CT molecular complexity index is 493. The summed E-state index contributed by atoms with van der Waals surface area (Å²) < 4.78 is 13.0. The number of urea groups is 1. The number of benzene rings is 1. The summed E-state index contributed by atoms with van der Waals surface area (Å²) in [4.78, 5) is 11.7. The maximum Gasteiger partial charge on any atom is 0.315 e. The van der Waals surface area contributed by atoms with Gasteiger partial charge in [-0.1, -0.05) is 31.5 Å². The van der Waals surface area contributed by atoms with Crippen LogP contribution in [0.5, 0.6) is 0 Å². The Balaban J connectivity index is 2.39. The predicted molar refractivity (Wildman–Crippen MR) is 81.7 cm³/mol. The molecule has 118 valence electrons. The monoisotopic (exact) mass is 316 g/mol. The van der Waals surface area contributed by atoms with E-state index in [2.05, 4.69) is 10.6 Å². The van der Waals surface area contributed by atoms with Gasteiger partial charge in [0, 0.05) is 13.1 Å². The van der Waals surface area contributed by atoms with Crippen LogP contribution in [-0.2, 0) is 6.54 Å². The molecule has 1 unspecified atom stereocenters. The van der Waals surface area contributed by atoms with Crippen molar-refractivity contribution in [1.82, 2.24) is 10.6 Å². The minimum Gasteiger partial charge on any atom is -0.393 e. The number of carbonyl (C=O) groups is 1. The van der Waals surface area contributed by atoms with E-state index in [0.717, 1.165) is 5.56 Å². The van der Waals surface area contributed by atoms with Crippen molar-refractivity contribution in [2.24, 2.45) is 5.41 Å². The molecule has 0 radical (unpaired) electrons. The molecule has 0 saturated heterocycles. The van der Waals surface area contributed by atoms with Crippen molar-refractivity contribution in [2.75, 3.05) is 6.54 Å². The minimum atomic E-state index is -0.482. The summed E-state index contributed by atoms with van der Waals surface area (Å²) in [6, 6.07) is 4.00. The fourth-order valence-corrected chi connectivity index (χ4v) is 2.29. The standard InChI is InChI=1S/C15H22ClFN2O2/c1-10(20)7-15(2,3)9-19-14(21)18-8-11-4-5-13(17)12(16)6-11/h4-6,10,20H,7-9H2,1-3H3,(H2,18,19,21). The normalized spacial score (nSPS) is 12.9. The first kappa shape index (κ1) is 17.7. The molecule has 1 aromatic rings. The van der Waals surface area contributed by atoms with E-state index in [9.17, 15) is 14.3 Å². The van der Waals surface area contributed by atoms with E-state index in [1.165, 1.54) is 12.1 Å². The van der Waals surface area contributed by atoms with Crippen molar-refractivity contribution in [3.8, 4) is 0 Å². The van der Waals surface area contributed by atoms with Gasteiger partial charge >= 0.3 is 6.03 Å². The van der Waals surface area contributed by atoms with Crippen molar-refractivity contribution in [3.63, 3.8) is 0 Å². The SMILES string of the molecule is CC(O)CC(C)(C)CNC(=O)NCc1ccc(F)c(Cl)c1. The largest absolute Gasteiger partial charge is 0.393 e. The van der Waals surface area contributed by atoms with Crippen molar-refractivity contribution < 1.29 is 14.3 Å². The second kappa shape index (κ2) is 7.61. The highest BCUT2D eigenvalue weighted by Crippen LogP contribution is 2.21. The van der Waals surface area contributed by atoms with Crippen LogP contribution >= 0.6 is 11.6 Å². The van der Waals surface area contributed by atoms with Crippen molar-refractivity contribution in [2.45, 2.75) is 39.8 Å².